The lowest BCUT2D eigenvalue weighted by molar-refractivity contribution is 0.171. The molecule has 1 aliphatic rings. The molecule has 4 nitrogen and oxygen atoms in total. The van der Waals surface area contributed by atoms with E-state index in [0.717, 1.165) is 22.7 Å². The Hall–Kier alpha value is -2.67. The number of benzene rings is 2. The summed E-state index contributed by atoms with van der Waals surface area (Å²) in [7, 11) is 0. The summed E-state index contributed by atoms with van der Waals surface area (Å²) in [5.74, 6) is 1.59. The van der Waals surface area contributed by atoms with E-state index < -0.39 is 0 Å². The lowest BCUT2D eigenvalue weighted by Gasteiger charge is -2.21. The van der Waals surface area contributed by atoms with Gasteiger partial charge in [-0.25, -0.2) is 0 Å². The zero-order chi connectivity index (χ0) is 14.7. The Labute approximate surface area is 123 Å². The summed E-state index contributed by atoms with van der Waals surface area (Å²) in [6.45, 7) is 3.26. The van der Waals surface area contributed by atoms with E-state index in [-0.39, 0.29) is 6.04 Å². The van der Waals surface area contributed by atoms with Gasteiger partial charge in [0.2, 0.25) is 0 Å². The van der Waals surface area contributed by atoms with E-state index in [1.165, 1.54) is 0 Å². The third-order valence-corrected chi connectivity index (χ3v) is 3.44. The van der Waals surface area contributed by atoms with Gasteiger partial charge < -0.3 is 14.8 Å². The number of nitrogens with zero attached hydrogens (tertiary/aromatic N) is 1. The number of hydrogen-bond acceptors (Lipinski definition) is 4. The van der Waals surface area contributed by atoms with Crippen molar-refractivity contribution in [1.82, 2.24) is 0 Å². The summed E-state index contributed by atoms with van der Waals surface area (Å²) in [6, 6.07) is 15.7. The van der Waals surface area contributed by atoms with E-state index >= 15 is 0 Å². The number of rotatable bonds is 3. The van der Waals surface area contributed by atoms with Crippen molar-refractivity contribution in [2.75, 3.05) is 18.5 Å². The van der Waals surface area contributed by atoms with Crippen LogP contribution in [0.4, 0.5) is 5.69 Å². The fourth-order valence-electron chi connectivity index (χ4n) is 2.34. The van der Waals surface area contributed by atoms with Crippen LogP contribution in [-0.2, 0) is 0 Å². The van der Waals surface area contributed by atoms with Crippen molar-refractivity contribution in [3.8, 4) is 17.6 Å². The minimum absolute atomic E-state index is 0.106. The van der Waals surface area contributed by atoms with Crippen molar-refractivity contribution < 1.29 is 9.47 Å². The molecule has 2 aromatic rings. The summed E-state index contributed by atoms with van der Waals surface area (Å²) >= 11 is 0. The molecule has 0 amide bonds. The van der Waals surface area contributed by atoms with Gasteiger partial charge in [-0.3, -0.25) is 0 Å². The van der Waals surface area contributed by atoms with Crippen molar-refractivity contribution >= 4 is 5.69 Å². The highest BCUT2D eigenvalue weighted by molar-refractivity contribution is 5.52. The first-order valence-corrected chi connectivity index (χ1v) is 6.92. The van der Waals surface area contributed by atoms with Crippen LogP contribution in [0.2, 0.25) is 0 Å². The molecule has 1 N–H and O–H groups in total. The van der Waals surface area contributed by atoms with Gasteiger partial charge in [0.1, 0.15) is 13.2 Å². The Balaban J connectivity index is 1.78. The molecule has 1 unspecified atom stereocenters. The van der Waals surface area contributed by atoms with E-state index in [1.54, 1.807) is 6.07 Å². The molecule has 1 heterocycles. The third-order valence-electron chi connectivity index (χ3n) is 3.44. The Morgan fingerprint density at radius 3 is 2.71 bits per heavy atom. The molecule has 1 atom stereocenters. The monoisotopic (exact) mass is 280 g/mol. The molecule has 3 rings (SSSR count). The van der Waals surface area contributed by atoms with Crippen molar-refractivity contribution in [2.45, 2.75) is 13.0 Å². The first-order chi connectivity index (χ1) is 10.3. The van der Waals surface area contributed by atoms with E-state index in [1.807, 2.05) is 36.4 Å². The lowest BCUT2D eigenvalue weighted by Crippen LogP contribution is -2.16. The number of hydrogen-bond donors (Lipinski definition) is 1. The molecule has 4 heteroatoms. The minimum Gasteiger partial charge on any atom is -0.486 e. The van der Waals surface area contributed by atoms with Crippen LogP contribution in [0.15, 0.2) is 42.5 Å². The highest BCUT2D eigenvalue weighted by Crippen LogP contribution is 2.33. The number of nitrogens with one attached hydrogen (secondary N) is 1. The lowest BCUT2D eigenvalue weighted by atomic mass is 10.1. The highest BCUT2D eigenvalue weighted by atomic mass is 16.6. The molecule has 0 aliphatic carbocycles. The molecule has 0 bridgehead atoms. The second-order valence-electron chi connectivity index (χ2n) is 4.96. The normalized spacial score (nSPS) is 14.1. The first kappa shape index (κ1) is 13.3. The summed E-state index contributed by atoms with van der Waals surface area (Å²) in [6.07, 6.45) is 0. The minimum atomic E-state index is 0.106. The zero-order valence-electron chi connectivity index (χ0n) is 11.8. The Kier molecular flexibility index (Phi) is 3.65. The number of fused-ring (bicyclic) bond motifs is 1. The molecule has 0 saturated heterocycles. The predicted octanol–water partition coefficient (Wildman–Crippen LogP) is 3.50. The number of ether oxygens (including phenoxy) is 2. The maximum absolute atomic E-state index is 8.94. The topological polar surface area (TPSA) is 54.3 Å². The van der Waals surface area contributed by atoms with Gasteiger partial charge in [0.25, 0.3) is 0 Å². The van der Waals surface area contributed by atoms with Crippen LogP contribution in [0.25, 0.3) is 0 Å². The van der Waals surface area contributed by atoms with Crippen LogP contribution in [0.3, 0.4) is 0 Å². The fourth-order valence-corrected chi connectivity index (χ4v) is 2.34. The van der Waals surface area contributed by atoms with Crippen molar-refractivity contribution in [2.24, 2.45) is 0 Å². The van der Waals surface area contributed by atoms with Crippen LogP contribution >= 0.6 is 0 Å². The molecule has 0 fully saturated rings. The third kappa shape index (κ3) is 2.92. The van der Waals surface area contributed by atoms with Crippen LogP contribution in [0, 0.1) is 11.3 Å². The smallest absolute Gasteiger partial charge is 0.161 e. The fraction of sp³-hybridized carbons (Fsp3) is 0.235. The molecule has 1 aliphatic heterocycles. The van der Waals surface area contributed by atoms with Gasteiger partial charge in [0, 0.05) is 11.7 Å². The molecular formula is C17H16N2O2. The number of nitriles is 1. The van der Waals surface area contributed by atoms with Gasteiger partial charge in [-0.05, 0) is 42.8 Å². The Morgan fingerprint density at radius 1 is 1.10 bits per heavy atom. The first-order valence-electron chi connectivity index (χ1n) is 6.92. The van der Waals surface area contributed by atoms with Crippen LogP contribution < -0.4 is 14.8 Å². The molecule has 0 saturated carbocycles. The van der Waals surface area contributed by atoms with Gasteiger partial charge >= 0.3 is 0 Å². The molecule has 21 heavy (non-hydrogen) atoms. The molecule has 0 aromatic heterocycles. The van der Waals surface area contributed by atoms with E-state index in [0.29, 0.717) is 18.8 Å². The highest BCUT2D eigenvalue weighted by Gasteiger charge is 2.14. The van der Waals surface area contributed by atoms with Gasteiger partial charge in [0.15, 0.2) is 11.5 Å². The Bertz CT molecular complexity index is 691. The van der Waals surface area contributed by atoms with E-state index in [9.17, 15) is 0 Å². The summed E-state index contributed by atoms with van der Waals surface area (Å²) in [4.78, 5) is 0. The second kappa shape index (κ2) is 5.76. The zero-order valence-corrected chi connectivity index (χ0v) is 11.8. The second-order valence-corrected chi connectivity index (χ2v) is 4.96. The van der Waals surface area contributed by atoms with Crippen molar-refractivity contribution in [3.05, 3.63) is 53.6 Å². The molecule has 106 valence electrons. The van der Waals surface area contributed by atoms with Crippen LogP contribution in [-0.4, -0.2) is 13.2 Å². The van der Waals surface area contributed by atoms with Crippen LogP contribution in [0.1, 0.15) is 24.1 Å². The SMILES string of the molecule is CC(Nc1cccc(C#N)c1)c1ccc2c(c1)OCCO2. The molecule has 2 aromatic carbocycles. The van der Waals surface area contributed by atoms with Gasteiger partial charge in [-0.1, -0.05) is 12.1 Å². The van der Waals surface area contributed by atoms with Crippen molar-refractivity contribution in [3.63, 3.8) is 0 Å². The average Bonchev–Trinajstić information content (AvgIpc) is 2.54. The van der Waals surface area contributed by atoms with Gasteiger partial charge in [-0.2, -0.15) is 5.26 Å². The standard InChI is InChI=1S/C17H16N2O2/c1-12(19-15-4-2-3-13(9-15)11-18)14-5-6-16-17(10-14)21-8-7-20-16/h2-6,9-10,12,19H,7-8H2,1H3. The largest absolute Gasteiger partial charge is 0.486 e. The molecule has 0 spiro atoms. The predicted molar refractivity (Wildman–Crippen MR) is 80.6 cm³/mol. The summed E-state index contributed by atoms with van der Waals surface area (Å²) < 4.78 is 11.1. The van der Waals surface area contributed by atoms with E-state index in [4.69, 9.17) is 14.7 Å². The maximum atomic E-state index is 8.94. The number of anilines is 1. The Morgan fingerprint density at radius 2 is 1.90 bits per heavy atom. The quantitative estimate of drug-likeness (QED) is 0.935. The molecule has 0 radical (unpaired) electrons. The molecular weight excluding hydrogens is 264 g/mol. The summed E-state index contributed by atoms with van der Waals surface area (Å²) in [5.41, 5.74) is 2.69. The van der Waals surface area contributed by atoms with E-state index in [2.05, 4.69) is 18.3 Å². The van der Waals surface area contributed by atoms with Crippen molar-refractivity contribution in [1.29, 1.82) is 5.26 Å². The maximum Gasteiger partial charge on any atom is 0.161 e. The van der Waals surface area contributed by atoms with Gasteiger partial charge in [0.05, 0.1) is 11.6 Å². The van der Waals surface area contributed by atoms with Crippen LogP contribution in [0.5, 0.6) is 11.5 Å². The van der Waals surface area contributed by atoms with Gasteiger partial charge in [-0.15, -0.1) is 0 Å². The average molecular weight is 280 g/mol. The summed E-state index contributed by atoms with van der Waals surface area (Å²) in [5, 5.41) is 12.3.